The van der Waals surface area contributed by atoms with Crippen LogP contribution in [0.4, 0.5) is 5.69 Å². The lowest BCUT2D eigenvalue weighted by atomic mass is 10.1. The van der Waals surface area contributed by atoms with E-state index >= 15 is 0 Å². The van der Waals surface area contributed by atoms with Gasteiger partial charge >= 0.3 is 0 Å². The number of amides is 1. The molecule has 7 heteroatoms. The van der Waals surface area contributed by atoms with Crippen molar-refractivity contribution in [2.75, 3.05) is 5.32 Å². The average molecular weight is 354 g/mol. The molecule has 0 bridgehead atoms. The molecule has 0 aliphatic carbocycles. The number of benzene rings is 1. The predicted octanol–water partition coefficient (Wildman–Crippen LogP) is 3.65. The van der Waals surface area contributed by atoms with E-state index in [0.717, 1.165) is 33.4 Å². The number of fused-ring (bicyclic) bond motifs is 1. The highest BCUT2D eigenvalue weighted by molar-refractivity contribution is 8.02. The number of aryl methyl sites for hydroxylation is 1. The van der Waals surface area contributed by atoms with Crippen molar-refractivity contribution in [2.45, 2.75) is 22.4 Å². The first-order chi connectivity index (χ1) is 11.8. The summed E-state index contributed by atoms with van der Waals surface area (Å²) in [4.78, 5) is 16.5. The molecule has 1 aromatic carbocycles. The van der Waals surface area contributed by atoms with E-state index in [1.807, 2.05) is 30.3 Å². The molecule has 0 saturated heterocycles. The first kappa shape index (κ1) is 15.3. The zero-order chi connectivity index (χ0) is 16.4. The number of nitrogens with one attached hydrogen (secondary N) is 1. The fraction of sp³-hybridized carbons (Fsp3) is 0.176. The van der Waals surface area contributed by atoms with Gasteiger partial charge < -0.3 is 5.32 Å². The fourth-order valence-corrected chi connectivity index (χ4v) is 4.69. The third-order valence-electron chi connectivity index (χ3n) is 3.82. The normalized spacial score (nSPS) is 17.0. The van der Waals surface area contributed by atoms with Crippen LogP contribution in [0.1, 0.15) is 12.0 Å². The van der Waals surface area contributed by atoms with Gasteiger partial charge in [0, 0.05) is 23.6 Å². The fourth-order valence-electron chi connectivity index (χ4n) is 2.59. The number of carbonyl (C=O) groups is 1. The molecule has 2 aromatic heterocycles. The molecule has 3 aromatic rings. The van der Waals surface area contributed by atoms with Crippen molar-refractivity contribution < 1.29 is 4.79 Å². The maximum atomic E-state index is 12.5. The summed E-state index contributed by atoms with van der Waals surface area (Å²) in [6.07, 6.45) is 5.14. The first-order valence-corrected chi connectivity index (χ1v) is 9.28. The molecule has 3 heterocycles. The van der Waals surface area contributed by atoms with Crippen LogP contribution in [-0.2, 0) is 11.2 Å². The van der Waals surface area contributed by atoms with Crippen LogP contribution in [0, 0.1) is 0 Å². The van der Waals surface area contributed by atoms with E-state index in [9.17, 15) is 4.79 Å². The van der Waals surface area contributed by atoms with E-state index in [-0.39, 0.29) is 11.2 Å². The van der Waals surface area contributed by atoms with Gasteiger partial charge in [0.2, 0.25) is 5.91 Å². The first-order valence-electron chi connectivity index (χ1n) is 7.59. The Labute approximate surface area is 147 Å². The monoisotopic (exact) mass is 354 g/mol. The summed E-state index contributed by atoms with van der Waals surface area (Å²) < 4.78 is 0.813. The van der Waals surface area contributed by atoms with Crippen molar-refractivity contribution in [1.82, 2.24) is 15.2 Å². The Bertz CT molecular complexity index is 866. The molecule has 0 saturated carbocycles. The Morgan fingerprint density at radius 3 is 2.83 bits per heavy atom. The number of para-hydroxylation sites is 1. The molecule has 5 nitrogen and oxygen atoms in total. The second-order valence-corrected chi connectivity index (χ2v) is 7.83. The molecule has 0 fully saturated rings. The minimum atomic E-state index is -0.157. The van der Waals surface area contributed by atoms with E-state index < -0.39 is 0 Å². The third-order valence-corrected chi connectivity index (χ3v) is 6.14. The van der Waals surface area contributed by atoms with Gasteiger partial charge in [-0.1, -0.05) is 41.3 Å². The standard InChI is InChI=1S/C17H14N4OS2/c22-15-14(6-5-11-3-1-2-4-13(11)19-15)23-17-21-20-16(24-17)12-7-9-18-10-8-12/h1-4,7-10,14H,5-6H2,(H,19,22)/t14-/m1/s1. The second-order valence-electron chi connectivity index (χ2n) is 5.40. The van der Waals surface area contributed by atoms with Gasteiger partial charge in [0.1, 0.15) is 5.01 Å². The van der Waals surface area contributed by atoms with Crippen LogP contribution < -0.4 is 5.32 Å². The van der Waals surface area contributed by atoms with Crippen molar-refractivity contribution in [1.29, 1.82) is 0 Å². The Morgan fingerprint density at radius 1 is 1.12 bits per heavy atom. The lowest BCUT2D eigenvalue weighted by molar-refractivity contribution is -0.115. The van der Waals surface area contributed by atoms with Crippen LogP contribution in [0.3, 0.4) is 0 Å². The van der Waals surface area contributed by atoms with E-state index in [1.54, 1.807) is 12.4 Å². The molecular weight excluding hydrogens is 340 g/mol. The Balaban J connectivity index is 1.50. The SMILES string of the molecule is O=C1Nc2ccccc2CC[C@H]1Sc1nnc(-c2ccncc2)s1. The summed E-state index contributed by atoms with van der Waals surface area (Å²) in [5, 5.41) is 12.2. The highest BCUT2D eigenvalue weighted by atomic mass is 32.2. The Kier molecular flexibility index (Phi) is 4.27. The minimum Gasteiger partial charge on any atom is -0.325 e. The molecule has 0 spiro atoms. The molecule has 1 aliphatic rings. The molecule has 1 amide bonds. The zero-order valence-electron chi connectivity index (χ0n) is 12.7. The third kappa shape index (κ3) is 3.18. The van der Waals surface area contributed by atoms with Crippen LogP contribution in [0.5, 0.6) is 0 Å². The number of carbonyl (C=O) groups excluding carboxylic acids is 1. The molecule has 1 aliphatic heterocycles. The number of pyridine rings is 1. The predicted molar refractivity (Wildman–Crippen MR) is 96.2 cm³/mol. The summed E-state index contributed by atoms with van der Waals surface area (Å²) in [6, 6.07) is 11.8. The topological polar surface area (TPSA) is 67.8 Å². The smallest absolute Gasteiger partial charge is 0.237 e. The van der Waals surface area contributed by atoms with Crippen molar-refractivity contribution >= 4 is 34.7 Å². The van der Waals surface area contributed by atoms with Gasteiger partial charge in [-0.05, 0) is 36.6 Å². The number of hydrogen-bond acceptors (Lipinski definition) is 6. The van der Waals surface area contributed by atoms with Crippen LogP contribution in [0.25, 0.3) is 10.6 Å². The largest absolute Gasteiger partial charge is 0.325 e. The minimum absolute atomic E-state index is 0.0330. The van der Waals surface area contributed by atoms with Crippen LogP contribution >= 0.6 is 23.1 Å². The quantitative estimate of drug-likeness (QED) is 0.778. The van der Waals surface area contributed by atoms with Crippen LogP contribution in [-0.4, -0.2) is 26.3 Å². The van der Waals surface area contributed by atoms with E-state index in [2.05, 4.69) is 26.6 Å². The van der Waals surface area contributed by atoms with Gasteiger partial charge in [0.15, 0.2) is 4.34 Å². The van der Waals surface area contributed by atoms with Crippen LogP contribution in [0.2, 0.25) is 0 Å². The molecule has 120 valence electrons. The van der Waals surface area contributed by atoms with Crippen molar-refractivity contribution in [3.05, 3.63) is 54.4 Å². The molecule has 1 atom stereocenters. The van der Waals surface area contributed by atoms with Crippen molar-refractivity contribution in [2.24, 2.45) is 0 Å². The molecule has 4 rings (SSSR count). The maximum absolute atomic E-state index is 12.5. The van der Waals surface area contributed by atoms with Crippen molar-refractivity contribution in [3.63, 3.8) is 0 Å². The lowest BCUT2D eigenvalue weighted by Gasteiger charge is -2.10. The lowest BCUT2D eigenvalue weighted by Crippen LogP contribution is -2.23. The maximum Gasteiger partial charge on any atom is 0.237 e. The molecule has 24 heavy (non-hydrogen) atoms. The van der Waals surface area contributed by atoms with Gasteiger partial charge in [-0.15, -0.1) is 10.2 Å². The van der Waals surface area contributed by atoms with E-state index in [0.29, 0.717) is 0 Å². The Morgan fingerprint density at radius 2 is 1.96 bits per heavy atom. The highest BCUT2D eigenvalue weighted by Gasteiger charge is 2.25. The number of hydrogen-bond donors (Lipinski definition) is 1. The summed E-state index contributed by atoms with van der Waals surface area (Å²) in [5.74, 6) is 0.0330. The van der Waals surface area contributed by atoms with Gasteiger partial charge in [-0.3, -0.25) is 9.78 Å². The number of nitrogens with zero attached hydrogens (tertiary/aromatic N) is 3. The van der Waals surface area contributed by atoms with Gasteiger partial charge in [0.25, 0.3) is 0 Å². The zero-order valence-corrected chi connectivity index (χ0v) is 14.3. The molecule has 1 N–H and O–H groups in total. The summed E-state index contributed by atoms with van der Waals surface area (Å²) in [7, 11) is 0. The second kappa shape index (κ2) is 6.70. The molecular formula is C17H14N4OS2. The van der Waals surface area contributed by atoms with Gasteiger partial charge in [0.05, 0.1) is 5.25 Å². The highest BCUT2D eigenvalue weighted by Crippen LogP contribution is 2.35. The number of thioether (sulfide) groups is 1. The molecule has 0 unspecified atom stereocenters. The molecule has 0 radical (unpaired) electrons. The number of aromatic nitrogens is 3. The number of rotatable bonds is 3. The van der Waals surface area contributed by atoms with Gasteiger partial charge in [-0.25, -0.2) is 0 Å². The summed E-state index contributed by atoms with van der Waals surface area (Å²) in [5.41, 5.74) is 3.09. The Hall–Kier alpha value is -2.25. The van der Waals surface area contributed by atoms with Crippen molar-refractivity contribution in [3.8, 4) is 10.6 Å². The van der Waals surface area contributed by atoms with Crippen LogP contribution in [0.15, 0.2) is 53.1 Å². The summed E-state index contributed by atoms with van der Waals surface area (Å²) >= 11 is 2.99. The van der Waals surface area contributed by atoms with E-state index in [1.165, 1.54) is 28.7 Å². The number of anilines is 1. The summed E-state index contributed by atoms with van der Waals surface area (Å²) in [6.45, 7) is 0. The van der Waals surface area contributed by atoms with E-state index in [4.69, 9.17) is 0 Å². The average Bonchev–Trinajstić information content (AvgIpc) is 3.02. The van der Waals surface area contributed by atoms with Gasteiger partial charge in [-0.2, -0.15) is 0 Å².